The molecule has 2 heterocycles. The third-order valence-electron chi connectivity index (χ3n) is 5.04. The molecule has 0 N–H and O–H groups in total. The van der Waals surface area contributed by atoms with E-state index < -0.39 is 5.97 Å². The minimum atomic E-state index is -0.633. The van der Waals surface area contributed by atoms with Crippen LogP contribution in [-0.4, -0.2) is 26.0 Å². The molecule has 0 spiro atoms. The number of rotatable bonds is 5. The highest BCUT2D eigenvalue weighted by Gasteiger charge is 2.31. The van der Waals surface area contributed by atoms with Crippen LogP contribution >= 0.6 is 11.3 Å². The van der Waals surface area contributed by atoms with Gasteiger partial charge in [-0.2, -0.15) is 0 Å². The van der Waals surface area contributed by atoms with Crippen molar-refractivity contribution in [1.29, 1.82) is 0 Å². The van der Waals surface area contributed by atoms with Crippen LogP contribution in [0.1, 0.15) is 36.7 Å². The number of allylic oxidation sites excluding steroid dienone is 1. The number of hydrogen-bond donors (Lipinski definition) is 0. The molecule has 1 aliphatic rings. The first-order valence-corrected chi connectivity index (χ1v) is 10.4. The summed E-state index contributed by atoms with van der Waals surface area (Å²) in [6.07, 6.45) is 1.74. The number of aryl methyl sites for hydroxylation is 1. The SMILES string of the molecule is COc1cccc(OC)c1C(=O)Oc1ccc2c(c1C)O/C(=C\c1sccc1C)C2=O. The first kappa shape index (κ1) is 20.7. The Balaban J connectivity index is 1.66. The Bertz CT molecular complexity index is 1200. The fourth-order valence-electron chi connectivity index (χ4n) is 3.33. The van der Waals surface area contributed by atoms with Gasteiger partial charge in [0.2, 0.25) is 5.78 Å². The minimum absolute atomic E-state index is 0.179. The van der Waals surface area contributed by atoms with Gasteiger partial charge in [-0.1, -0.05) is 6.07 Å². The van der Waals surface area contributed by atoms with E-state index in [0.29, 0.717) is 28.4 Å². The van der Waals surface area contributed by atoms with Crippen LogP contribution in [0.25, 0.3) is 6.08 Å². The predicted octanol–water partition coefficient (Wildman–Crippen LogP) is 5.22. The number of esters is 1. The number of Topliss-reactive ketones (excluding diaryl/α,β-unsaturated/α-hetero) is 1. The summed E-state index contributed by atoms with van der Waals surface area (Å²) >= 11 is 1.54. The van der Waals surface area contributed by atoms with Gasteiger partial charge in [-0.15, -0.1) is 11.3 Å². The summed E-state index contributed by atoms with van der Waals surface area (Å²) in [5.41, 5.74) is 2.24. The van der Waals surface area contributed by atoms with Crippen molar-refractivity contribution in [2.75, 3.05) is 14.2 Å². The molecule has 158 valence electrons. The zero-order chi connectivity index (χ0) is 22.1. The number of hydrogen-bond acceptors (Lipinski definition) is 7. The average Bonchev–Trinajstić information content (AvgIpc) is 3.32. The molecule has 7 heteroatoms. The first-order valence-electron chi connectivity index (χ1n) is 9.49. The van der Waals surface area contributed by atoms with E-state index in [1.807, 2.05) is 18.4 Å². The lowest BCUT2D eigenvalue weighted by molar-refractivity contribution is 0.0726. The number of benzene rings is 2. The number of thiophene rings is 1. The largest absolute Gasteiger partial charge is 0.496 e. The Kier molecular flexibility index (Phi) is 5.52. The highest BCUT2D eigenvalue weighted by molar-refractivity contribution is 7.11. The van der Waals surface area contributed by atoms with Gasteiger partial charge in [0.05, 0.1) is 19.8 Å². The van der Waals surface area contributed by atoms with Crippen molar-refractivity contribution >= 4 is 29.2 Å². The average molecular weight is 436 g/mol. The van der Waals surface area contributed by atoms with Crippen molar-refractivity contribution in [3.8, 4) is 23.0 Å². The maximum absolute atomic E-state index is 12.9. The highest BCUT2D eigenvalue weighted by Crippen LogP contribution is 2.40. The van der Waals surface area contributed by atoms with E-state index >= 15 is 0 Å². The highest BCUT2D eigenvalue weighted by atomic mass is 32.1. The van der Waals surface area contributed by atoms with E-state index in [-0.39, 0.29) is 22.9 Å². The number of fused-ring (bicyclic) bond motifs is 1. The molecule has 0 fully saturated rings. The molecule has 0 atom stereocenters. The number of ketones is 1. The second kappa shape index (κ2) is 8.28. The molecule has 0 radical (unpaired) electrons. The van der Waals surface area contributed by atoms with Crippen LogP contribution in [0.15, 0.2) is 47.5 Å². The summed E-state index contributed by atoms with van der Waals surface area (Å²) in [5.74, 6) is 0.776. The first-order chi connectivity index (χ1) is 14.9. The lowest BCUT2D eigenvalue weighted by Crippen LogP contribution is -2.12. The Hall–Kier alpha value is -3.58. The van der Waals surface area contributed by atoms with Crippen molar-refractivity contribution in [3.05, 3.63) is 74.7 Å². The van der Waals surface area contributed by atoms with Crippen molar-refractivity contribution in [1.82, 2.24) is 0 Å². The maximum Gasteiger partial charge on any atom is 0.351 e. The van der Waals surface area contributed by atoms with Crippen LogP contribution in [0, 0.1) is 13.8 Å². The molecule has 1 aromatic heterocycles. The molecule has 0 saturated heterocycles. The number of carbonyl (C=O) groups is 2. The molecule has 31 heavy (non-hydrogen) atoms. The zero-order valence-electron chi connectivity index (χ0n) is 17.5. The molecule has 3 aromatic rings. The third-order valence-corrected chi connectivity index (χ3v) is 6.00. The Morgan fingerprint density at radius 3 is 2.32 bits per heavy atom. The van der Waals surface area contributed by atoms with E-state index in [1.165, 1.54) is 25.6 Å². The molecular weight excluding hydrogens is 416 g/mol. The van der Waals surface area contributed by atoms with Gasteiger partial charge >= 0.3 is 5.97 Å². The topological polar surface area (TPSA) is 71.1 Å². The van der Waals surface area contributed by atoms with Crippen LogP contribution in [0.5, 0.6) is 23.0 Å². The van der Waals surface area contributed by atoms with Crippen LogP contribution in [0.2, 0.25) is 0 Å². The van der Waals surface area contributed by atoms with E-state index in [1.54, 1.807) is 43.3 Å². The molecule has 0 aliphatic carbocycles. The molecule has 2 aromatic carbocycles. The maximum atomic E-state index is 12.9. The Labute approximate surface area is 183 Å². The lowest BCUT2D eigenvalue weighted by atomic mass is 10.1. The van der Waals surface area contributed by atoms with Crippen LogP contribution in [-0.2, 0) is 0 Å². The summed E-state index contributed by atoms with van der Waals surface area (Å²) in [4.78, 5) is 26.6. The molecule has 0 saturated carbocycles. The van der Waals surface area contributed by atoms with Crippen molar-refractivity contribution in [2.45, 2.75) is 13.8 Å². The third kappa shape index (κ3) is 3.68. The summed E-state index contributed by atoms with van der Waals surface area (Å²) < 4.78 is 22.1. The molecule has 0 amide bonds. The van der Waals surface area contributed by atoms with E-state index in [0.717, 1.165) is 10.4 Å². The summed E-state index contributed by atoms with van der Waals surface area (Å²) in [5, 5.41) is 1.96. The van der Waals surface area contributed by atoms with E-state index in [4.69, 9.17) is 18.9 Å². The van der Waals surface area contributed by atoms with Crippen LogP contribution in [0.4, 0.5) is 0 Å². The standard InChI is InChI=1S/C24H20O6S/c1-13-10-11-31-20(13)12-19-22(25)15-8-9-16(14(2)23(15)29-19)30-24(26)21-17(27-3)6-5-7-18(21)28-4/h5-12H,1-4H3/b19-12-. The molecule has 0 bridgehead atoms. The quantitative estimate of drug-likeness (QED) is 0.310. The van der Waals surface area contributed by atoms with Gasteiger partial charge in [0.1, 0.15) is 28.6 Å². The van der Waals surface area contributed by atoms with Crippen molar-refractivity contribution in [2.24, 2.45) is 0 Å². The van der Waals surface area contributed by atoms with Gasteiger partial charge < -0.3 is 18.9 Å². The van der Waals surface area contributed by atoms with Gasteiger partial charge in [0.25, 0.3) is 0 Å². The number of ether oxygens (including phenoxy) is 4. The fourth-order valence-corrected chi connectivity index (χ4v) is 4.18. The van der Waals surface area contributed by atoms with Gasteiger partial charge in [0.15, 0.2) is 5.76 Å². The number of methoxy groups -OCH3 is 2. The summed E-state index contributed by atoms with van der Waals surface area (Å²) in [6.45, 7) is 3.72. The van der Waals surface area contributed by atoms with E-state index in [2.05, 4.69) is 0 Å². The molecule has 6 nitrogen and oxygen atoms in total. The van der Waals surface area contributed by atoms with Crippen molar-refractivity contribution < 1.29 is 28.5 Å². The fraction of sp³-hybridized carbons (Fsp3) is 0.167. The predicted molar refractivity (Wildman–Crippen MR) is 118 cm³/mol. The van der Waals surface area contributed by atoms with Gasteiger partial charge in [-0.25, -0.2) is 4.79 Å². The van der Waals surface area contributed by atoms with Crippen LogP contribution < -0.4 is 18.9 Å². The van der Waals surface area contributed by atoms with Crippen LogP contribution in [0.3, 0.4) is 0 Å². The van der Waals surface area contributed by atoms with Crippen molar-refractivity contribution in [3.63, 3.8) is 0 Å². The molecule has 1 aliphatic heterocycles. The van der Waals surface area contributed by atoms with E-state index in [9.17, 15) is 9.59 Å². The van der Waals surface area contributed by atoms with Gasteiger partial charge in [0, 0.05) is 16.5 Å². The molecular formula is C24H20O6S. The second-order valence-corrected chi connectivity index (χ2v) is 7.85. The summed E-state index contributed by atoms with van der Waals surface area (Å²) in [6, 6.07) is 10.2. The molecule has 4 rings (SSSR count). The smallest absolute Gasteiger partial charge is 0.351 e. The van der Waals surface area contributed by atoms with Gasteiger partial charge in [-0.05, 0) is 55.1 Å². The van der Waals surface area contributed by atoms with Gasteiger partial charge in [-0.3, -0.25) is 4.79 Å². The lowest BCUT2D eigenvalue weighted by Gasteiger charge is -2.14. The second-order valence-electron chi connectivity index (χ2n) is 6.90. The summed E-state index contributed by atoms with van der Waals surface area (Å²) in [7, 11) is 2.93. The monoisotopic (exact) mass is 436 g/mol. The zero-order valence-corrected chi connectivity index (χ0v) is 18.3. The Morgan fingerprint density at radius 2 is 1.71 bits per heavy atom. The minimum Gasteiger partial charge on any atom is -0.496 e. The number of carbonyl (C=O) groups excluding carboxylic acids is 2. The Morgan fingerprint density at radius 1 is 1.00 bits per heavy atom. The molecule has 0 unspecified atom stereocenters. The normalized spacial score (nSPS) is 13.7.